The summed E-state index contributed by atoms with van der Waals surface area (Å²) in [5.74, 6) is 2.11. The molecule has 0 radical (unpaired) electrons. The molecule has 186 valence electrons. The van der Waals surface area contributed by atoms with Crippen LogP contribution < -0.4 is 9.64 Å². The first kappa shape index (κ1) is 23.1. The summed E-state index contributed by atoms with van der Waals surface area (Å²) in [5, 5.41) is 0. The molecule has 36 heavy (non-hydrogen) atoms. The van der Waals surface area contributed by atoms with Crippen molar-refractivity contribution in [2.75, 3.05) is 18.1 Å². The number of rotatable bonds is 3. The molecule has 1 aliphatic carbocycles. The molecule has 0 fully saturated rings. The molecule has 0 spiro atoms. The Morgan fingerprint density at radius 3 is 2.75 bits per heavy atom. The summed E-state index contributed by atoms with van der Waals surface area (Å²) >= 11 is 0. The number of hydrogen-bond acceptors (Lipinski definition) is 5. The summed E-state index contributed by atoms with van der Waals surface area (Å²) in [6.07, 6.45) is 3.77. The quantitative estimate of drug-likeness (QED) is 0.427. The van der Waals surface area contributed by atoms with Gasteiger partial charge in [-0.1, -0.05) is 26.0 Å². The van der Waals surface area contributed by atoms with E-state index in [-0.39, 0.29) is 11.2 Å². The lowest BCUT2D eigenvalue weighted by atomic mass is 9.76. The number of benzene rings is 2. The zero-order chi connectivity index (χ0) is 25.0. The molecule has 3 aliphatic rings. The molecule has 6 heteroatoms. The van der Waals surface area contributed by atoms with E-state index in [1.807, 2.05) is 0 Å². The predicted molar refractivity (Wildman–Crippen MR) is 142 cm³/mol. The Labute approximate surface area is 212 Å². The molecule has 1 aromatic heterocycles. The van der Waals surface area contributed by atoms with Gasteiger partial charge in [-0.15, -0.1) is 0 Å². The SMILES string of the molecule is CC1=Nc2cc(-c3cc(C)c4c(c3)CN(c3nc(CF)nc5c3CC(C)(C)CC5)CCO4)ccc2C1. The van der Waals surface area contributed by atoms with E-state index in [0.29, 0.717) is 19.7 Å². The van der Waals surface area contributed by atoms with Crippen molar-refractivity contribution in [3.05, 3.63) is 64.1 Å². The van der Waals surface area contributed by atoms with Gasteiger partial charge in [0.1, 0.15) is 24.8 Å². The molecule has 0 unspecified atom stereocenters. The highest BCUT2D eigenvalue weighted by Crippen LogP contribution is 2.40. The summed E-state index contributed by atoms with van der Waals surface area (Å²) in [7, 11) is 0. The smallest absolute Gasteiger partial charge is 0.162 e. The molecular formula is C30H33FN4O. The van der Waals surface area contributed by atoms with E-state index >= 15 is 0 Å². The molecule has 5 nitrogen and oxygen atoms in total. The van der Waals surface area contributed by atoms with E-state index in [1.54, 1.807) is 0 Å². The molecule has 6 rings (SSSR count). The monoisotopic (exact) mass is 484 g/mol. The Morgan fingerprint density at radius 1 is 1.06 bits per heavy atom. The van der Waals surface area contributed by atoms with Crippen LogP contribution in [0.3, 0.4) is 0 Å². The Morgan fingerprint density at radius 2 is 1.92 bits per heavy atom. The predicted octanol–water partition coefficient (Wildman–Crippen LogP) is 6.48. The second kappa shape index (κ2) is 8.68. The third kappa shape index (κ3) is 4.16. The van der Waals surface area contributed by atoms with Gasteiger partial charge in [0.25, 0.3) is 0 Å². The maximum atomic E-state index is 13.7. The first-order valence-corrected chi connectivity index (χ1v) is 12.9. The van der Waals surface area contributed by atoms with Crippen molar-refractivity contribution in [3.8, 4) is 16.9 Å². The van der Waals surface area contributed by atoms with Crippen LogP contribution in [0.2, 0.25) is 0 Å². The number of aliphatic imine (C=N–C) groups is 1. The van der Waals surface area contributed by atoms with Crippen LogP contribution in [0.5, 0.6) is 5.75 Å². The van der Waals surface area contributed by atoms with Crippen LogP contribution >= 0.6 is 0 Å². The highest BCUT2D eigenvalue weighted by atomic mass is 19.1. The highest BCUT2D eigenvalue weighted by Gasteiger charge is 2.32. The van der Waals surface area contributed by atoms with Crippen molar-refractivity contribution in [3.63, 3.8) is 0 Å². The van der Waals surface area contributed by atoms with Gasteiger partial charge in [-0.05, 0) is 79.0 Å². The number of fused-ring (bicyclic) bond motifs is 3. The molecule has 3 heterocycles. The number of aryl methyl sites for hydroxylation is 2. The van der Waals surface area contributed by atoms with Crippen LogP contribution in [0.4, 0.5) is 15.9 Å². The van der Waals surface area contributed by atoms with E-state index < -0.39 is 6.67 Å². The summed E-state index contributed by atoms with van der Waals surface area (Å²) in [6, 6.07) is 11.0. The van der Waals surface area contributed by atoms with Crippen molar-refractivity contribution in [1.82, 2.24) is 9.97 Å². The lowest BCUT2D eigenvalue weighted by Gasteiger charge is -2.34. The van der Waals surface area contributed by atoms with Crippen LogP contribution in [0.15, 0.2) is 35.3 Å². The third-order valence-corrected chi connectivity index (χ3v) is 7.73. The number of hydrogen-bond donors (Lipinski definition) is 0. The minimum atomic E-state index is -0.645. The van der Waals surface area contributed by atoms with Crippen molar-refractivity contribution < 1.29 is 9.13 Å². The summed E-state index contributed by atoms with van der Waals surface area (Å²) in [5.41, 5.74) is 10.5. The molecule has 0 N–H and O–H groups in total. The average molecular weight is 485 g/mol. The second-order valence-corrected chi connectivity index (χ2v) is 11.3. The van der Waals surface area contributed by atoms with Gasteiger partial charge in [-0.2, -0.15) is 0 Å². The van der Waals surface area contributed by atoms with Gasteiger partial charge in [0, 0.05) is 35.5 Å². The third-order valence-electron chi connectivity index (χ3n) is 7.73. The molecule has 3 aromatic rings. The number of halogens is 1. The summed E-state index contributed by atoms with van der Waals surface area (Å²) in [6.45, 7) is 10.1. The van der Waals surface area contributed by atoms with Crippen LogP contribution in [-0.2, 0) is 32.5 Å². The molecule has 0 atom stereocenters. The summed E-state index contributed by atoms with van der Waals surface area (Å²) < 4.78 is 20.0. The van der Waals surface area contributed by atoms with Gasteiger partial charge < -0.3 is 9.64 Å². The molecule has 0 saturated carbocycles. The minimum absolute atomic E-state index is 0.181. The fourth-order valence-corrected chi connectivity index (χ4v) is 5.88. The Balaban J connectivity index is 1.40. The van der Waals surface area contributed by atoms with Gasteiger partial charge in [0.2, 0.25) is 0 Å². The van der Waals surface area contributed by atoms with Crippen LogP contribution in [0.25, 0.3) is 11.1 Å². The number of nitrogens with zero attached hydrogens (tertiary/aromatic N) is 4. The zero-order valence-electron chi connectivity index (χ0n) is 21.6. The van der Waals surface area contributed by atoms with Gasteiger partial charge in [-0.3, -0.25) is 4.99 Å². The first-order chi connectivity index (χ1) is 17.3. The largest absolute Gasteiger partial charge is 0.491 e. The van der Waals surface area contributed by atoms with E-state index in [4.69, 9.17) is 14.7 Å². The van der Waals surface area contributed by atoms with Gasteiger partial charge >= 0.3 is 0 Å². The molecule has 2 aromatic carbocycles. The van der Waals surface area contributed by atoms with E-state index in [9.17, 15) is 4.39 Å². The van der Waals surface area contributed by atoms with Crippen molar-refractivity contribution >= 4 is 17.2 Å². The van der Waals surface area contributed by atoms with Gasteiger partial charge in [0.05, 0.1) is 12.2 Å². The topological polar surface area (TPSA) is 50.6 Å². The lowest BCUT2D eigenvalue weighted by Crippen LogP contribution is -2.32. The Bertz CT molecular complexity index is 1390. The van der Waals surface area contributed by atoms with Crippen LogP contribution in [-0.4, -0.2) is 28.8 Å². The first-order valence-electron chi connectivity index (χ1n) is 12.9. The number of anilines is 1. The summed E-state index contributed by atoms with van der Waals surface area (Å²) in [4.78, 5) is 16.3. The standard InChI is InChI=1S/C30H33FN4O/c1-18-11-22(20-5-6-21-12-19(2)32-26(21)14-20)13-23-17-35(9-10-36-28(18)23)29-24-15-30(3,4)8-7-25(24)33-27(16-31)34-29/h5-6,11,13-14H,7-10,12,15-17H2,1-4H3. The van der Waals surface area contributed by atoms with E-state index in [1.165, 1.54) is 11.1 Å². The number of ether oxygens (including phenoxy) is 1. The maximum Gasteiger partial charge on any atom is 0.162 e. The van der Waals surface area contributed by atoms with E-state index in [2.05, 4.69) is 67.9 Å². The lowest BCUT2D eigenvalue weighted by molar-refractivity contribution is 0.309. The van der Waals surface area contributed by atoms with Gasteiger partial charge in [-0.25, -0.2) is 14.4 Å². The maximum absolute atomic E-state index is 13.7. The molecule has 0 amide bonds. The van der Waals surface area contributed by atoms with Crippen molar-refractivity contribution in [2.24, 2.45) is 10.4 Å². The highest BCUT2D eigenvalue weighted by molar-refractivity contribution is 5.93. The number of aromatic nitrogens is 2. The van der Waals surface area contributed by atoms with E-state index in [0.717, 1.165) is 76.6 Å². The zero-order valence-corrected chi connectivity index (χ0v) is 21.6. The molecule has 0 saturated heterocycles. The van der Waals surface area contributed by atoms with Crippen molar-refractivity contribution in [1.29, 1.82) is 0 Å². The Hall–Kier alpha value is -3.28. The molecular weight excluding hydrogens is 451 g/mol. The van der Waals surface area contributed by atoms with Crippen LogP contribution in [0, 0.1) is 12.3 Å². The van der Waals surface area contributed by atoms with Crippen LogP contribution in [0.1, 0.15) is 61.0 Å². The molecule has 2 aliphatic heterocycles. The average Bonchev–Trinajstić information content (AvgIpc) is 3.08. The molecule has 0 bridgehead atoms. The fourth-order valence-electron chi connectivity index (χ4n) is 5.88. The number of alkyl halides is 1. The second-order valence-electron chi connectivity index (χ2n) is 11.3. The fraction of sp³-hybridized carbons (Fsp3) is 0.433. The minimum Gasteiger partial charge on any atom is -0.491 e. The van der Waals surface area contributed by atoms with Crippen molar-refractivity contribution in [2.45, 2.75) is 66.6 Å². The van der Waals surface area contributed by atoms with Gasteiger partial charge in [0.15, 0.2) is 5.82 Å². The normalized spacial score (nSPS) is 18.0. The Kier molecular flexibility index (Phi) is 5.58.